The van der Waals surface area contributed by atoms with Gasteiger partial charge >= 0.3 is 5.97 Å². The summed E-state index contributed by atoms with van der Waals surface area (Å²) < 4.78 is 39.7. The average molecular weight is 529 g/mol. The lowest BCUT2D eigenvalue weighted by Crippen LogP contribution is -2.28. The number of alkyl halides is 1. The van der Waals surface area contributed by atoms with Crippen molar-refractivity contribution in [3.8, 4) is 16.9 Å². The third-order valence-electron chi connectivity index (χ3n) is 7.68. The molecule has 3 rings (SSSR count). The standard InChI is InChI=1S/C33H46F2O3/c1-3-5-7-8-9-10-11-23-37-32-22-19-28(24-31(32)35)27-15-13-25(14-16-27)26-17-20-29(21-18-26)38-33(36)30(34)12-6-4-2/h13-16,19,22,24,26,29-30H,3-12,17-18,20-21,23H2,1-2H3/t26?,29?,30-/m0/s1. The van der Waals surface area contributed by atoms with E-state index in [1.165, 1.54) is 37.7 Å². The highest BCUT2D eigenvalue weighted by Gasteiger charge is 2.27. The summed E-state index contributed by atoms with van der Waals surface area (Å²) in [4.78, 5) is 12.0. The van der Waals surface area contributed by atoms with Crippen LogP contribution in [0.25, 0.3) is 11.1 Å². The van der Waals surface area contributed by atoms with Crippen LogP contribution in [0.4, 0.5) is 8.78 Å². The molecular formula is C33H46F2O3. The van der Waals surface area contributed by atoms with Gasteiger partial charge in [0.2, 0.25) is 0 Å². The number of rotatable bonds is 16. The molecule has 0 unspecified atom stereocenters. The summed E-state index contributed by atoms with van der Waals surface area (Å²) in [6.07, 6.45) is 11.9. The first-order chi connectivity index (χ1) is 18.5. The molecule has 1 aliphatic rings. The van der Waals surface area contributed by atoms with Crippen LogP contribution in [0, 0.1) is 5.82 Å². The van der Waals surface area contributed by atoms with Gasteiger partial charge in [0.15, 0.2) is 17.7 Å². The molecule has 1 fully saturated rings. The molecule has 2 aromatic rings. The van der Waals surface area contributed by atoms with Crippen molar-refractivity contribution in [3.63, 3.8) is 0 Å². The van der Waals surface area contributed by atoms with Gasteiger partial charge in [-0.1, -0.05) is 95.5 Å². The Hall–Kier alpha value is -2.43. The van der Waals surface area contributed by atoms with Gasteiger partial charge in [-0.25, -0.2) is 13.6 Å². The lowest BCUT2D eigenvalue weighted by Gasteiger charge is -2.29. The van der Waals surface area contributed by atoms with Crippen molar-refractivity contribution in [1.29, 1.82) is 0 Å². The van der Waals surface area contributed by atoms with E-state index in [1.807, 2.05) is 25.1 Å². The molecule has 0 bridgehead atoms. The van der Waals surface area contributed by atoms with Crippen molar-refractivity contribution in [2.24, 2.45) is 0 Å². The van der Waals surface area contributed by atoms with Gasteiger partial charge in [0.1, 0.15) is 6.10 Å². The van der Waals surface area contributed by atoms with Crippen LogP contribution in [0.1, 0.15) is 115 Å². The Labute approximate surface area is 228 Å². The van der Waals surface area contributed by atoms with Crippen molar-refractivity contribution in [2.75, 3.05) is 6.61 Å². The quantitative estimate of drug-likeness (QED) is 0.161. The molecular weight excluding hydrogens is 482 g/mol. The lowest BCUT2D eigenvalue weighted by atomic mass is 9.82. The Bertz CT molecular complexity index is 951. The fourth-order valence-electron chi connectivity index (χ4n) is 5.24. The molecule has 0 aromatic heterocycles. The van der Waals surface area contributed by atoms with Gasteiger partial charge in [-0.2, -0.15) is 0 Å². The van der Waals surface area contributed by atoms with Gasteiger partial charge in [-0.05, 0) is 73.3 Å². The fourth-order valence-corrected chi connectivity index (χ4v) is 5.24. The van der Waals surface area contributed by atoms with Crippen LogP contribution >= 0.6 is 0 Å². The predicted molar refractivity (Wildman–Crippen MR) is 151 cm³/mol. The maximum atomic E-state index is 14.7. The zero-order valence-corrected chi connectivity index (χ0v) is 23.4. The predicted octanol–water partition coefficient (Wildman–Crippen LogP) is 9.72. The molecule has 1 saturated carbocycles. The van der Waals surface area contributed by atoms with Crippen LogP contribution in [-0.4, -0.2) is 24.9 Å². The number of halogens is 2. The normalized spacial score (nSPS) is 18.2. The number of carbonyl (C=O) groups is 1. The van der Waals surface area contributed by atoms with Crippen molar-refractivity contribution in [3.05, 3.63) is 53.8 Å². The largest absolute Gasteiger partial charge is 0.491 e. The number of hydrogen-bond donors (Lipinski definition) is 0. The zero-order chi connectivity index (χ0) is 27.2. The van der Waals surface area contributed by atoms with E-state index < -0.39 is 12.1 Å². The number of esters is 1. The highest BCUT2D eigenvalue weighted by Crippen LogP contribution is 2.35. The minimum absolute atomic E-state index is 0.188. The maximum absolute atomic E-state index is 14.7. The maximum Gasteiger partial charge on any atom is 0.340 e. The SMILES string of the molecule is CCCCCCCCCOc1ccc(-c2ccc(C3CCC(OC(=O)[C@@H](F)CCCC)CC3)cc2)cc1F. The van der Waals surface area contributed by atoms with Crippen LogP contribution in [0.2, 0.25) is 0 Å². The molecule has 38 heavy (non-hydrogen) atoms. The second-order valence-corrected chi connectivity index (χ2v) is 10.8. The number of unbranched alkanes of at least 4 members (excludes halogenated alkanes) is 7. The first-order valence-electron chi connectivity index (χ1n) is 14.9. The number of carbonyl (C=O) groups excluding carboxylic acids is 1. The monoisotopic (exact) mass is 528 g/mol. The second kappa shape index (κ2) is 16.5. The summed E-state index contributed by atoms with van der Waals surface area (Å²) in [5, 5.41) is 0. The Kier molecular flexibility index (Phi) is 13.1. The Morgan fingerprint density at radius 1 is 0.842 bits per heavy atom. The van der Waals surface area contributed by atoms with E-state index in [0.717, 1.165) is 56.1 Å². The molecule has 3 nitrogen and oxygen atoms in total. The van der Waals surface area contributed by atoms with Crippen LogP contribution in [0.5, 0.6) is 5.75 Å². The van der Waals surface area contributed by atoms with Gasteiger partial charge in [0.05, 0.1) is 6.61 Å². The van der Waals surface area contributed by atoms with Crippen LogP contribution in [0.15, 0.2) is 42.5 Å². The molecule has 1 aliphatic carbocycles. The van der Waals surface area contributed by atoms with Crippen molar-refractivity contribution >= 4 is 5.97 Å². The van der Waals surface area contributed by atoms with Gasteiger partial charge < -0.3 is 9.47 Å². The van der Waals surface area contributed by atoms with Gasteiger partial charge in [0, 0.05) is 0 Å². The topological polar surface area (TPSA) is 35.5 Å². The molecule has 5 heteroatoms. The first kappa shape index (κ1) is 30.1. The van der Waals surface area contributed by atoms with E-state index in [1.54, 1.807) is 12.1 Å². The summed E-state index contributed by atoms with van der Waals surface area (Å²) in [5.41, 5.74) is 3.03. The molecule has 0 heterocycles. The average Bonchev–Trinajstić information content (AvgIpc) is 2.94. The lowest BCUT2D eigenvalue weighted by molar-refractivity contribution is -0.157. The highest BCUT2D eigenvalue weighted by atomic mass is 19.1. The zero-order valence-electron chi connectivity index (χ0n) is 23.4. The van der Waals surface area contributed by atoms with E-state index in [0.29, 0.717) is 24.7 Å². The van der Waals surface area contributed by atoms with Gasteiger partial charge in [-0.3, -0.25) is 0 Å². The molecule has 210 valence electrons. The van der Waals surface area contributed by atoms with Gasteiger partial charge in [0.25, 0.3) is 0 Å². The minimum Gasteiger partial charge on any atom is -0.491 e. The summed E-state index contributed by atoms with van der Waals surface area (Å²) in [7, 11) is 0. The molecule has 0 radical (unpaired) electrons. The van der Waals surface area contributed by atoms with Crippen LogP contribution in [0.3, 0.4) is 0 Å². The fraction of sp³-hybridized carbons (Fsp3) is 0.606. The minimum atomic E-state index is -1.50. The molecule has 0 spiro atoms. The highest BCUT2D eigenvalue weighted by molar-refractivity contribution is 5.74. The molecule has 0 aliphatic heterocycles. The first-order valence-corrected chi connectivity index (χ1v) is 14.9. The molecule has 0 amide bonds. The third kappa shape index (κ3) is 9.71. The molecule has 0 N–H and O–H groups in total. The number of benzene rings is 2. The Morgan fingerprint density at radius 2 is 1.47 bits per heavy atom. The smallest absolute Gasteiger partial charge is 0.340 e. The van der Waals surface area contributed by atoms with E-state index in [4.69, 9.17) is 9.47 Å². The second-order valence-electron chi connectivity index (χ2n) is 10.8. The summed E-state index contributed by atoms with van der Waals surface area (Å²) in [6, 6.07) is 13.5. The van der Waals surface area contributed by atoms with Crippen molar-refractivity contribution < 1.29 is 23.0 Å². The van der Waals surface area contributed by atoms with Crippen LogP contribution < -0.4 is 4.74 Å². The summed E-state index contributed by atoms with van der Waals surface area (Å²) >= 11 is 0. The number of ether oxygens (including phenoxy) is 2. The van der Waals surface area contributed by atoms with Crippen molar-refractivity contribution in [2.45, 2.75) is 122 Å². The number of hydrogen-bond acceptors (Lipinski definition) is 3. The Morgan fingerprint density at radius 3 is 2.13 bits per heavy atom. The van der Waals surface area contributed by atoms with Gasteiger partial charge in [-0.15, -0.1) is 0 Å². The molecule has 1 atom stereocenters. The third-order valence-corrected chi connectivity index (χ3v) is 7.68. The summed E-state index contributed by atoms with van der Waals surface area (Å²) in [5.74, 6) is -0.321. The van der Waals surface area contributed by atoms with E-state index in [9.17, 15) is 13.6 Å². The van der Waals surface area contributed by atoms with E-state index in [-0.39, 0.29) is 18.3 Å². The van der Waals surface area contributed by atoms with Crippen LogP contribution in [-0.2, 0) is 9.53 Å². The van der Waals surface area contributed by atoms with Crippen molar-refractivity contribution in [1.82, 2.24) is 0 Å². The van der Waals surface area contributed by atoms with E-state index >= 15 is 0 Å². The van der Waals surface area contributed by atoms with E-state index in [2.05, 4.69) is 19.1 Å². The summed E-state index contributed by atoms with van der Waals surface area (Å²) in [6.45, 7) is 4.75. The molecule has 0 saturated heterocycles. The molecule has 2 aromatic carbocycles. The Balaban J connectivity index is 1.43.